The zero-order chi connectivity index (χ0) is 13.5. The number of nitrogens with one attached hydrogen (secondary N) is 1. The first-order valence-electron chi connectivity index (χ1n) is 7.41. The molecule has 0 bridgehead atoms. The van der Waals surface area contributed by atoms with Gasteiger partial charge in [0.15, 0.2) is 0 Å². The molecule has 0 aliphatic heterocycles. The molecule has 2 aromatic rings. The zero-order valence-electron chi connectivity index (χ0n) is 12.0. The van der Waals surface area contributed by atoms with Gasteiger partial charge in [0.25, 0.3) is 0 Å². The van der Waals surface area contributed by atoms with Crippen molar-refractivity contribution in [2.45, 2.75) is 45.6 Å². The second-order valence-electron chi connectivity index (χ2n) is 5.07. The van der Waals surface area contributed by atoms with E-state index in [1.165, 1.54) is 30.2 Å². The Hall–Kier alpha value is -1.41. The monoisotopic (exact) mass is 256 g/mol. The van der Waals surface area contributed by atoms with Crippen LogP contribution in [0.15, 0.2) is 36.5 Å². The number of nitrogens with zero attached hydrogens (tertiary/aromatic N) is 1. The Balaban J connectivity index is 2.08. The van der Waals surface area contributed by atoms with Crippen molar-refractivity contribution < 1.29 is 0 Å². The van der Waals surface area contributed by atoms with Crippen LogP contribution in [0.5, 0.6) is 0 Å². The van der Waals surface area contributed by atoms with Crippen molar-refractivity contribution in [3.05, 3.63) is 42.1 Å². The third kappa shape index (κ3) is 3.77. The van der Waals surface area contributed by atoms with Crippen molar-refractivity contribution in [2.24, 2.45) is 0 Å². The molecular formula is C17H24N2. The number of rotatable bonds is 7. The highest BCUT2D eigenvalue weighted by Crippen LogP contribution is 2.18. The van der Waals surface area contributed by atoms with Crippen LogP contribution in [0.3, 0.4) is 0 Å². The number of hydrogen-bond donors (Lipinski definition) is 1. The van der Waals surface area contributed by atoms with E-state index in [1.54, 1.807) is 0 Å². The molecule has 1 aromatic heterocycles. The molecule has 2 rings (SSSR count). The second-order valence-corrected chi connectivity index (χ2v) is 5.07. The maximum absolute atomic E-state index is 4.53. The Labute approximate surface area is 116 Å². The van der Waals surface area contributed by atoms with Crippen LogP contribution >= 0.6 is 0 Å². The Kier molecular flexibility index (Phi) is 5.34. The van der Waals surface area contributed by atoms with Crippen LogP contribution in [0.2, 0.25) is 0 Å². The maximum atomic E-state index is 4.53. The Morgan fingerprint density at radius 3 is 2.74 bits per heavy atom. The first-order chi connectivity index (χ1) is 9.35. The molecule has 0 saturated carbocycles. The highest BCUT2D eigenvalue weighted by Gasteiger charge is 2.08. The lowest BCUT2D eigenvalue weighted by molar-refractivity contribution is 0.460. The quantitative estimate of drug-likeness (QED) is 0.811. The molecule has 0 amide bonds. The summed E-state index contributed by atoms with van der Waals surface area (Å²) in [6, 6.07) is 11.3. The molecule has 0 saturated heterocycles. The topological polar surface area (TPSA) is 24.9 Å². The molecule has 19 heavy (non-hydrogen) atoms. The van der Waals surface area contributed by atoms with E-state index in [4.69, 9.17) is 0 Å². The molecule has 1 aromatic carbocycles. The average Bonchev–Trinajstić information content (AvgIpc) is 2.45. The van der Waals surface area contributed by atoms with Gasteiger partial charge in [-0.3, -0.25) is 4.98 Å². The molecule has 0 fully saturated rings. The van der Waals surface area contributed by atoms with Crippen LogP contribution in [-0.2, 0) is 6.42 Å². The summed E-state index contributed by atoms with van der Waals surface area (Å²) in [4.78, 5) is 4.53. The van der Waals surface area contributed by atoms with Crippen molar-refractivity contribution in [2.75, 3.05) is 6.54 Å². The highest BCUT2D eigenvalue weighted by molar-refractivity contribution is 5.81. The number of fused-ring (bicyclic) bond motifs is 1. The fraction of sp³-hybridized carbons (Fsp3) is 0.471. The molecule has 0 spiro atoms. The Morgan fingerprint density at radius 1 is 1.11 bits per heavy atom. The largest absolute Gasteiger partial charge is 0.314 e. The van der Waals surface area contributed by atoms with Crippen LogP contribution in [0, 0.1) is 0 Å². The summed E-state index contributed by atoms with van der Waals surface area (Å²) in [5.74, 6) is 0. The van der Waals surface area contributed by atoms with Crippen LogP contribution in [-0.4, -0.2) is 17.6 Å². The summed E-state index contributed by atoms with van der Waals surface area (Å²) in [7, 11) is 0. The number of hydrogen-bond acceptors (Lipinski definition) is 2. The van der Waals surface area contributed by atoms with E-state index < -0.39 is 0 Å². The predicted molar refractivity (Wildman–Crippen MR) is 82.4 cm³/mol. The number of aromatic nitrogens is 1. The SMILES string of the molecule is CCCC(CCc1cccc2cccnc12)NCC. The summed E-state index contributed by atoms with van der Waals surface area (Å²) < 4.78 is 0. The summed E-state index contributed by atoms with van der Waals surface area (Å²) in [5, 5.41) is 4.83. The molecule has 0 radical (unpaired) electrons. The summed E-state index contributed by atoms with van der Waals surface area (Å²) in [5.41, 5.74) is 2.54. The number of pyridine rings is 1. The zero-order valence-corrected chi connectivity index (χ0v) is 12.0. The van der Waals surface area contributed by atoms with Gasteiger partial charge in [0.2, 0.25) is 0 Å². The third-order valence-corrected chi connectivity index (χ3v) is 3.61. The maximum Gasteiger partial charge on any atom is 0.0733 e. The smallest absolute Gasteiger partial charge is 0.0733 e. The van der Waals surface area contributed by atoms with E-state index >= 15 is 0 Å². The standard InChI is InChI=1S/C17H24N2/c1-3-7-16(18-4-2)12-11-15-9-5-8-14-10-6-13-19-17(14)15/h5-6,8-10,13,16,18H,3-4,7,11-12H2,1-2H3. The van der Waals surface area contributed by atoms with Crippen LogP contribution in [0.1, 0.15) is 38.7 Å². The van der Waals surface area contributed by atoms with Gasteiger partial charge in [0, 0.05) is 17.6 Å². The van der Waals surface area contributed by atoms with E-state index in [0.717, 1.165) is 18.5 Å². The molecule has 0 aliphatic carbocycles. The minimum atomic E-state index is 0.633. The van der Waals surface area contributed by atoms with Gasteiger partial charge >= 0.3 is 0 Å². The highest BCUT2D eigenvalue weighted by atomic mass is 14.9. The van der Waals surface area contributed by atoms with Gasteiger partial charge in [-0.25, -0.2) is 0 Å². The van der Waals surface area contributed by atoms with Gasteiger partial charge < -0.3 is 5.32 Å². The van der Waals surface area contributed by atoms with Gasteiger partial charge in [-0.05, 0) is 37.4 Å². The molecule has 2 heteroatoms. The summed E-state index contributed by atoms with van der Waals surface area (Å²) in [6.07, 6.45) is 6.68. The van der Waals surface area contributed by atoms with E-state index in [1.807, 2.05) is 12.3 Å². The lowest BCUT2D eigenvalue weighted by atomic mass is 10.00. The Bertz CT molecular complexity index is 496. The average molecular weight is 256 g/mol. The number of benzene rings is 1. The summed E-state index contributed by atoms with van der Waals surface area (Å²) >= 11 is 0. The molecule has 1 unspecified atom stereocenters. The van der Waals surface area contributed by atoms with E-state index in [2.05, 4.69) is 48.4 Å². The normalized spacial score (nSPS) is 12.7. The Morgan fingerprint density at radius 2 is 1.95 bits per heavy atom. The molecule has 1 atom stereocenters. The number of para-hydroxylation sites is 1. The predicted octanol–water partition coefficient (Wildman–Crippen LogP) is 3.95. The van der Waals surface area contributed by atoms with Crippen LogP contribution in [0.4, 0.5) is 0 Å². The van der Waals surface area contributed by atoms with Crippen LogP contribution < -0.4 is 5.32 Å². The molecule has 1 heterocycles. The van der Waals surface area contributed by atoms with Crippen molar-refractivity contribution in [3.63, 3.8) is 0 Å². The molecular weight excluding hydrogens is 232 g/mol. The lowest BCUT2D eigenvalue weighted by Gasteiger charge is -2.17. The van der Waals surface area contributed by atoms with E-state index in [9.17, 15) is 0 Å². The minimum absolute atomic E-state index is 0.633. The first-order valence-corrected chi connectivity index (χ1v) is 7.41. The van der Waals surface area contributed by atoms with Crippen LogP contribution in [0.25, 0.3) is 10.9 Å². The van der Waals surface area contributed by atoms with Crippen molar-refractivity contribution in [1.29, 1.82) is 0 Å². The molecule has 2 nitrogen and oxygen atoms in total. The molecule has 102 valence electrons. The van der Waals surface area contributed by atoms with E-state index in [-0.39, 0.29) is 0 Å². The lowest BCUT2D eigenvalue weighted by Crippen LogP contribution is -2.29. The third-order valence-electron chi connectivity index (χ3n) is 3.61. The van der Waals surface area contributed by atoms with Crippen molar-refractivity contribution >= 4 is 10.9 Å². The summed E-state index contributed by atoms with van der Waals surface area (Å²) in [6.45, 7) is 5.49. The fourth-order valence-electron chi connectivity index (χ4n) is 2.68. The fourth-order valence-corrected chi connectivity index (χ4v) is 2.68. The first kappa shape index (κ1) is 14.0. The van der Waals surface area contributed by atoms with E-state index in [0.29, 0.717) is 6.04 Å². The van der Waals surface area contributed by atoms with Gasteiger partial charge in [-0.15, -0.1) is 0 Å². The van der Waals surface area contributed by atoms with Crippen molar-refractivity contribution in [3.8, 4) is 0 Å². The van der Waals surface area contributed by atoms with Gasteiger partial charge in [0.05, 0.1) is 5.52 Å². The second kappa shape index (κ2) is 7.25. The van der Waals surface area contributed by atoms with Gasteiger partial charge in [-0.1, -0.05) is 44.5 Å². The van der Waals surface area contributed by atoms with Crippen molar-refractivity contribution in [1.82, 2.24) is 10.3 Å². The molecule has 0 aliphatic rings. The van der Waals surface area contributed by atoms with Gasteiger partial charge in [0.1, 0.15) is 0 Å². The van der Waals surface area contributed by atoms with Gasteiger partial charge in [-0.2, -0.15) is 0 Å². The number of aryl methyl sites for hydroxylation is 1. The molecule has 1 N–H and O–H groups in total. The minimum Gasteiger partial charge on any atom is -0.314 e.